The Morgan fingerprint density at radius 3 is 2.37 bits per heavy atom. The van der Waals surface area contributed by atoms with Gasteiger partial charge in [-0.2, -0.15) is 18.4 Å². The summed E-state index contributed by atoms with van der Waals surface area (Å²) in [4.78, 5) is 16.9. The van der Waals surface area contributed by atoms with Gasteiger partial charge in [-0.25, -0.2) is 4.79 Å². The van der Waals surface area contributed by atoms with Crippen LogP contribution in [-0.4, -0.2) is 53.9 Å². The van der Waals surface area contributed by atoms with E-state index in [0.717, 1.165) is 12.1 Å². The topological polar surface area (TPSA) is 59.4 Å². The van der Waals surface area contributed by atoms with Crippen molar-refractivity contribution in [3.8, 4) is 6.07 Å². The summed E-state index contributed by atoms with van der Waals surface area (Å²) in [5, 5.41) is 11.6. The van der Waals surface area contributed by atoms with E-state index in [-0.39, 0.29) is 6.03 Å². The van der Waals surface area contributed by atoms with Gasteiger partial charge in [-0.05, 0) is 29.8 Å². The number of anilines is 1. The normalized spacial score (nSPS) is 14.9. The molecule has 2 aromatic rings. The van der Waals surface area contributed by atoms with E-state index < -0.39 is 11.9 Å². The molecule has 0 saturated carbocycles. The molecule has 1 fully saturated rings. The molecule has 0 aliphatic carbocycles. The zero-order valence-electron chi connectivity index (χ0n) is 16.2. The van der Waals surface area contributed by atoms with E-state index in [1.165, 1.54) is 0 Å². The lowest BCUT2D eigenvalue weighted by atomic mass is 10.1. The molecule has 30 heavy (non-hydrogen) atoms. The van der Waals surface area contributed by atoms with Gasteiger partial charge >= 0.3 is 12.2 Å². The molecule has 158 valence electrons. The Morgan fingerprint density at radius 1 is 1.07 bits per heavy atom. The average Bonchev–Trinajstić information content (AvgIpc) is 2.73. The van der Waals surface area contributed by atoms with Crippen LogP contribution < -0.4 is 5.32 Å². The molecule has 0 unspecified atom stereocenters. The van der Waals surface area contributed by atoms with Crippen LogP contribution in [0.2, 0.25) is 0 Å². The molecule has 0 spiro atoms. The van der Waals surface area contributed by atoms with Crippen LogP contribution in [0.3, 0.4) is 0 Å². The summed E-state index contributed by atoms with van der Waals surface area (Å²) in [5.74, 6) is -1.01. The predicted molar refractivity (Wildman–Crippen MR) is 110 cm³/mol. The third kappa shape index (κ3) is 6.40. The molecule has 0 bridgehead atoms. The predicted octanol–water partition coefficient (Wildman–Crippen LogP) is 4.56. The number of rotatable bonds is 5. The molecule has 1 aliphatic heterocycles. The van der Waals surface area contributed by atoms with E-state index in [1.54, 1.807) is 41.3 Å². The Balaban J connectivity index is 1.51. The van der Waals surface area contributed by atoms with Gasteiger partial charge in [0.15, 0.2) is 0 Å². The fourth-order valence-electron chi connectivity index (χ4n) is 3.10. The van der Waals surface area contributed by atoms with Gasteiger partial charge < -0.3 is 10.2 Å². The Labute approximate surface area is 177 Å². The van der Waals surface area contributed by atoms with Crippen molar-refractivity contribution in [2.24, 2.45) is 0 Å². The first-order valence-corrected chi connectivity index (χ1v) is 10.4. The van der Waals surface area contributed by atoms with E-state index in [2.05, 4.69) is 16.3 Å². The van der Waals surface area contributed by atoms with Crippen molar-refractivity contribution in [3.63, 3.8) is 0 Å². The van der Waals surface area contributed by atoms with Crippen molar-refractivity contribution in [1.29, 1.82) is 5.26 Å². The number of amides is 2. The maximum absolute atomic E-state index is 12.6. The van der Waals surface area contributed by atoms with Crippen LogP contribution >= 0.6 is 11.8 Å². The van der Waals surface area contributed by atoms with Crippen molar-refractivity contribution in [3.05, 3.63) is 59.7 Å². The molecule has 1 N–H and O–H groups in total. The number of urea groups is 1. The summed E-state index contributed by atoms with van der Waals surface area (Å²) in [6.45, 7) is 3.17. The first-order chi connectivity index (χ1) is 14.3. The minimum absolute atomic E-state index is 0.312. The van der Waals surface area contributed by atoms with Crippen LogP contribution in [0.15, 0.2) is 53.4 Å². The third-order valence-corrected chi connectivity index (χ3v) is 5.81. The van der Waals surface area contributed by atoms with Crippen molar-refractivity contribution in [2.45, 2.75) is 17.6 Å². The van der Waals surface area contributed by atoms with Gasteiger partial charge in [0.1, 0.15) is 0 Å². The summed E-state index contributed by atoms with van der Waals surface area (Å²) in [6, 6.07) is 15.7. The number of nitriles is 1. The van der Waals surface area contributed by atoms with Crippen LogP contribution in [0, 0.1) is 11.3 Å². The molecule has 0 radical (unpaired) electrons. The van der Waals surface area contributed by atoms with Gasteiger partial charge in [0, 0.05) is 37.6 Å². The number of nitrogens with zero attached hydrogens (tertiary/aromatic N) is 3. The van der Waals surface area contributed by atoms with Gasteiger partial charge in [0.2, 0.25) is 0 Å². The van der Waals surface area contributed by atoms with Crippen LogP contribution in [0.1, 0.15) is 11.1 Å². The van der Waals surface area contributed by atoms with Gasteiger partial charge in [-0.15, -0.1) is 11.8 Å². The SMILES string of the molecule is N#Cc1ccc(CN2CCN(C(=O)Nc3ccccc3SCC(F)(F)F)CC2)cc1. The summed E-state index contributed by atoms with van der Waals surface area (Å²) in [7, 11) is 0. The molecule has 1 heterocycles. The lowest BCUT2D eigenvalue weighted by Crippen LogP contribution is -2.49. The Hall–Kier alpha value is -2.70. The molecule has 9 heteroatoms. The number of thioether (sulfide) groups is 1. The van der Waals surface area contributed by atoms with E-state index in [0.29, 0.717) is 54.1 Å². The van der Waals surface area contributed by atoms with Crippen LogP contribution in [-0.2, 0) is 6.54 Å². The fourth-order valence-corrected chi connectivity index (χ4v) is 3.87. The van der Waals surface area contributed by atoms with Crippen molar-refractivity contribution < 1.29 is 18.0 Å². The van der Waals surface area contributed by atoms with Crippen LogP contribution in [0.5, 0.6) is 0 Å². The summed E-state index contributed by atoms with van der Waals surface area (Å²) >= 11 is 0.660. The van der Waals surface area contributed by atoms with Gasteiger partial charge in [0.25, 0.3) is 0 Å². The number of para-hydroxylation sites is 1. The summed E-state index contributed by atoms with van der Waals surface area (Å²) < 4.78 is 37.6. The molecule has 3 rings (SSSR count). The smallest absolute Gasteiger partial charge is 0.322 e. The van der Waals surface area contributed by atoms with E-state index >= 15 is 0 Å². The Morgan fingerprint density at radius 2 is 1.73 bits per heavy atom. The molecule has 5 nitrogen and oxygen atoms in total. The number of carbonyl (C=O) groups excluding carboxylic acids is 1. The molecule has 0 atom stereocenters. The second-order valence-electron chi connectivity index (χ2n) is 6.90. The minimum Gasteiger partial charge on any atom is -0.322 e. The first-order valence-electron chi connectivity index (χ1n) is 9.40. The maximum Gasteiger partial charge on any atom is 0.398 e. The van der Waals surface area contributed by atoms with Crippen molar-refractivity contribution in [2.75, 3.05) is 37.2 Å². The van der Waals surface area contributed by atoms with Crippen LogP contribution in [0.25, 0.3) is 0 Å². The zero-order valence-corrected chi connectivity index (χ0v) is 17.0. The molecular weight excluding hydrogens is 413 g/mol. The monoisotopic (exact) mass is 434 g/mol. The standard InChI is InChI=1S/C21H21F3N4OS/c22-21(23,24)15-30-19-4-2-1-3-18(19)26-20(29)28-11-9-27(10-12-28)14-17-7-5-16(13-25)6-8-17/h1-8H,9-12,14-15H2,(H,26,29). The Kier molecular flexibility index (Phi) is 7.24. The molecule has 1 saturated heterocycles. The quantitative estimate of drug-likeness (QED) is 0.701. The van der Waals surface area contributed by atoms with E-state index in [9.17, 15) is 18.0 Å². The zero-order chi connectivity index (χ0) is 21.6. The number of nitrogens with one attached hydrogen (secondary N) is 1. The van der Waals surface area contributed by atoms with Crippen LogP contribution in [0.4, 0.5) is 23.7 Å². The number of carbonyl (C=O) groups is 1. The number of hydrogen-bond acceptors (Lipinski definition) is 4. The second kappa shape index (κ2) is 9.87. The molecule has 0 aromatic heterocycles. The number of benzene rings is 2. The highest BCUT2D eigenvalue weighted by Gasteiger charge is 2.28. The number of hydrogen-bond donors (Lipinski definition) is 1. The lowest BCUT2D eigenvalue weighted by Gasteiger charge is -2.34. The van der Waals surface area contributed by atoms with Gasteiger partial charge in [-0.1, -0.05) is 24.3 Å². The molecular formula is C21H21F3N4OS. The second-order valence-corrected chi connectivity index (χ2v) is 7.92. The summed E-state index contributed by atoms with van der Waals surface area (Å²) in [6.07, 6.45) is -4.27. The first kappa shape index (κ1) is 22.0. The average molecular weight is 434 g/mol. The molecule has 2 amide bonds. The van der Waals surface area contributed by atoms with Gasteiger partial charge in [0.05, 0.1) is 23.1 Å². The lowest BCUT2D eigenvalue weighted by molar-refractivity contribution is -0.105. The summed E-state index contributed by atoms with van der Waals surface area (Å²) in [5.41, 5.74) is 2.10. The Bertz CT molecular complexity index is 904. The highest BCUT2D eigenvalue weighted by molar-refractivity contribution is 7.99. The maximum atomic E-state index is 12.6. The minimum atomic E-state index is -4.27. The third-order valence-electron chi connectivity index (χ3n) is 4.67. The highest BCUT2D eigenvalue weighted by atomic mass is 32.2. The fraction of sp³-hybridized carbons (Fsp3) is 0.333. The highest BCUT2D eigenvalue weighted by Crippen LogP contribution is 2.32. The largest absolute Gasteiger partial charge is 0.398 e. The molecule has 2 aromatic carbocycles. The van der Waals surface area contributed by atoms with Gasteiger partial charge in [-0.3, -0.25) is 4.90 Å². The van der Waals surface area contributed by atoms with Crippen molar-refractivity contribution in [1.82, 2.24) is 9.80 Å². The number of alkyl halides is 3. The van der Waals surface area contributed by atoms with E-state index in [4.69, 9.17) is 5.26 Å². The molecule has 1 aliphatic rings. The van der Waals surface area contributed by atoms with E-state index in [1.807, 2.05) is 12.1 Å². The van der Waals surface area contributed by atoms with Crippen molar-refractivity contribution >= 4 is 23.5 Å². The number of piperazine rings is 1. The number of halogens is 3.